The number of halogens is 4. The number of rotatable bonds is 2. The fourth-order valence-corrected chi connectivity index (χ4v) is 3.09. The van der Waals surface area contributed by atoms with E-state index >= 15 is 0 Å². The Labute approximate surface area is 121 Å². The van der Waals surface area contributed by atoms with Crippen molar-refractivity contribution in [1.82, 2.24) is 4.90 Å². The Morgan fingerprint density at radius 2 is 2.05 bits per heavy atom. The molecule has 1 saturated carbocycles. The zero-order valence-electron chi connectivity index (χ0n) is 11.0. The SMILES string of the molecule is Cl.NC[C@H]1CCC[C@H]1C(=O)N1CCC(O)(C(F)(F)F)C1. The maximum Gasteiger partial charge on any atom is 0.419 e. The van der Waals surface area contributed by atoms with Crippen molar-refractivity contribution in [3.63, 3.8) is 0 Å². The Kier molecular flexibility index (Phi) is 5.32. The van der Waals surface area contributed by atoms with Gasteiger partial charge in [0.1, 0.15) is 0 Å². The summed E-state index contributed by atoms with van der Waals surface area (Å²) in [4.78, 5) is 13.4. The van der Waals surface area contributed by atoms with Gasteiger partial charge in [0.15, 0.2) is 5.60 Å². The molecule has 0 spiro atoms. The fourth-order valence-electron chi connectivity index (χ4n) is 3.09. The van der Waals surface area contributed by atoms with Crippen molar-refractivity contribution < 1.29 is 23.1 Å². The monoisotopic (exact) mass is 316 g/mol. The van der Waals surface area contributed by atoms with E-state index in [2.05, 4.69) is 0 Å². The number of β-amino-alcohol motifs (C(OH)–C–C–N with tert-alkyl or cyclic N) is 1. The Morgan fingerprint density at radius 3 is 2.55 bits per heavy atom. The van der Waals surface area contributed by atoms with Crippen molar-refractivity contribution in [2.75, 3.05) is 19.6 Å². The fraction of sp³-hybridized carbons (Fsp3) is 0.917. The van der Waals surface area contributed by atoms with Gasteiger partial charge in [0, 0.05) is 18.9 Å². The molecule has 1 unspecified atom stereocenters. The van der Waals surface area contributed by atoms with Crippen molar-refractivity contribution in [3.8, 4) is 0 Å². The van der Waals surface area contributed by atoms with E-state index in [1.54, 1.807) is 0 Å². The van der Waals surface area contributed by atoms with Gasteiger partial charge in [-0.1, -0.05) is 6.42 Å². The van der Waals surface area contributed by atoms with E-state index in [1.165, 1.54) is 0 Å². The van der Waals surface area contributed by atoms with Crippen LogP contribution in [-0.2, 0) is 4.79 Å². The van der Waals surface area contributed by atoms with Crippen LogP contribution in [0.2, 0.25) is 0 Å². The lowest BCUT2D eigenvalue weighted by molar-refractivity contribution is -0.253. The summed E-state index contributed by atoms with van der Waals surface area (Å²) in [6.07, 6.45) is -2.71. The lowest BCUT2D eigenvalue weighted by Crippen LogP contribution is -2.49. The van der Waals surface area contributed by atoms with E-state index in [0.717, 1.165) is 17.7 Å². The van der Waals surface area contributed by atoms with Crippen molar-refractivity contribution in [2.24, 2.45) is 17.6 Å². The number of aliphatic hydroxyl groups is 1. The van der Waals surface area contributed by atoms with Crippen molar-refractivity contribution in [2.45, 2.75) is 37.5 Å². The average molecular weight is 317 g/mol. The first-order valence-corrected chi connectivity index (χ1v) is 6.56. The molecule has 8 heteroatoms. The second-order valence-electron chi connectivity index (χ2n) is 5.57. The summed E-state index contributed by atoms with van der Waals surface area (Å²) in [6, 6.07) is 0. The van der Waals surface area contributed by atoms with Gasteiger partial charge in [0.2, 0.25) is 5.91 Å². The summed E-state index contributed by atoms with van der Waals surface area (Å²) in [5.74, 6) is -0.499. The molecule has 0 aromatic heterocycles. The van der Waals surface area contributed by atoms with Gasteiger partial charge in [-0.2, -0.15) is 13.2 Å². The minimum Gasteiger partial charge on any atom is -0.379 e. The summed E-state index contributed by atoms with van der Waals surface area (Å²) in [6.45, 7) is -0.306. The molecule has 3 atom stereocenters. The largest absolute Gasteiger partial charge is 0.419 e. The third-order valence-corrected chi connectivity index (χ3v) is 4.37. The third-order valence-electron chi connectivity index (χ3n) is 4.37. The lowest BCUT2D eigenvalue weighted by Gasteiger charge is -2.28. The van der Waals surface area contributed by atoms with Crippen LogP contribution in [0.15, 0.2) is 0 Å². The molecular formula is C12H20ClF3N2O2. The van der Waals surface area contributed by atoms with E-state index in [0.29, 0.717) is 13.0 Å². The van der Waals surface area contributed by atoms with Crippen LogP contribution in [0.3, 0.4) is 0 Å². The van der Waals surface area contributed by atoms with Crippen LogP contribution in [-0.4, -0.2) is 47.3 Å². The molecule has 2 fully saturated rings. The molecule has 0 radical (unpaired) electrons. The van der Waals surface area contributed by atoms with Crippen LogP contribution in [0, 0.1) is 11.8 Å². The second kappa shape index (κ2) is 6.07. The second-order valence-corrected chi connectivity index (χ2v) is 5.57. The molecular weight excluding hydrogens is 297 g/mol. The van der Waals surface area contributed by atoms with E-state index in [1.807, 2.05) is 0 Å². The molecule has 4 nitrogen and oxygen atoms in total. The van der Waals surface area contributed by atoms with Gasteiger partial charge in [-0.3, -0.25) is 4.79 Å². The normalized spacial score (nSPS) is 34.1. The Balaban J connectivity index is 0.00000200. The number of nitrogens with two attached hydrogens (primary N) is 1. The van der Waals surface area contributed by atoms with Gasteiger partial charge in [-0.05, 0) is 25.3 Å². The molecule has 20 heavy (non-hydrogen) atoms. The Bertz CT molecular complexity index is 367. The quantitative estimate of drug-likeness (QED) is 0.807. The van der Waals surface area contributed by atoms with Gasteiger partial charge < -0.3 is 15.7 Å². The van der Waals surface area contributed by atoms with Crippen molar-refractivity contribution >= 4 is 18.3 Å². The number of hydrogen-bond donors (Lipinski definition) is 2. The van der Waals surface area contributed by atoms with Crippen LogP contribution >= 0.6 is 12.4 Å². The third kappa shape index (κ3) is 3.04. The standard InChI is InChI=1S/C12H19F3N2O2.ClH/c13-12(14,15)11(19)4-5-17(7-11)10(18)9-3-1-2-8(9)6-16;/h8-9,19H,1-7,16H2;1H/t8-,9-,11?;/m1./s1. The smallest absolute Gasteiger partial charge is 0.379 e. The molecule has 1 amide bonds. The summed E-state index contributed by atoms with van der Waals surface area (Å²) < 4.78 is 38.1. The molecule has 0 bridgehead atoms. The minimum absolute atomic E-state index is 0. The maximum atomic E-state index is 12.7. The highest BCUT2D eigenvalue weighted by atomic mass is 35.5. The molecule has 1 saturated heterocycles. The topological polar surface area (TPSA) is 66.6 Å². The summed E-state index contributed by atoms with van der Waals surface area (Å²) in [7, 11) is 0. The maximum absolute atomic E-state index is 12.7. The van der Waals surface area contributed by atoms with Crippen LogP contribution in [0.25, 0.3) is 0 Å². The number of hydrogen-bond acceptors (Lipinski definition) is 3. The predicted octanol–water partition coefficient (Wildman–Crippen LogP) is 1.31. The molecule has 2 aliphatic rings. The van der Waals surface area contributed by atoms with Crippen LogP contribution in [0.4, 0.5) is 13.2 Å². The highest BCUT2D eigenvalue weighted by Gasteiger charge is 2.58. The number of nitrogens with zero attached hydrogens (tertiary/aromatic N) is 1. The minimum atomic E-state index is -4.69. The summed E-state index contributed by atoms with van der Waals surface area (Å²) in [5.41, 5.74) is 2.83. The van der Waals surface area contributed by atoms with Gasteiger partial charge >= 0.3 is 6.18 Å². The van der Waals surface area contributed by atoms with Crippen molar-refractivity contribution in [1.29, 1.82) is 0 Å². The van der Waals surface area contributed by atoms with Crippen molar-refractivity contribution in [3.05, 3.63) is 0 Å². The molecule has 0 aromatic rings. The molecule has 118 valence electrons. The first-order valence-electron chi connectivity index (χ1n) is 6.56. The summed E-state index contributed by atoms with van der Waals surface area (Å²) in [5, 5.41) is 9.57. The number of carbonyl (C=O) groups is 1. The van der Waals surface area contributed by atoms with E-state index in [4.69, 9.17) is 5.73 Å². The molecule has 1 aliphatic carbocycles. The Hall–Kier alpha value is -0.530. The number of amides is 1. The van der Waals surface area contributed by atoms with Crippen LogP contribution in [0.5, 0.6) is 0 Å². The van der Waals surface area contributed by atoms with E-state index < -0.39 is 24.7 Å². The van der Waals surface area contributed by atoms with Crippen LogP contribution in [0.1, 0.15) is 25.7 Å². The molecule has 2 rings (SSSR count). The van der Waals surface area contributed by atoms with Crippen LogP contribution < -0.4 is 5.73 Å². The highest BCUT2D eigenvalue weighted by Crippen LogP contribution is 2.39. The Morgan fingerprint density at radius 1 is 1.40 bits per heavy atom. The summed E-state index contributed by atoms with van der Waals surface area (Å²) >= 11 is 0. The van der Waals surface area contributed by atoms with E-state index in [9.17, 15) is 23.1 Å². The van der Waals surface area contributed by atoms with Gasteiger partial charge in [-0.25, -0.2) is 0 Å². The first kappa shape index (κ1) is 17.5. The molecule has 3 N–H and O–H groups in total. The lowest BCUT2D eigenvalue weighted by atomic mass is 9.95. The van der Waals surface area contributed by atoms with Gasteiger partial charge in [0.25, 0.3) is 0 Å². The van der Waals surface area contributed by atoms with Gasteiger partial charge in [0.05, 0.1) is 6.54 Å². The zero-order chi connectivity index (χ0) is 14.3. The number of alkyl halides is 3. The van der Waals surface area contributed by atoms with Gasteiger partial charge in [-0.15, -0.1) is 12.4 Å². The predicted molar refractivity (Wildman–Crippen MR) is 69.3 cm³/mol. The first-order chi connectivity index (χ1) is 8.78. The highest BCUT2D eigenvalue weighted by molar-refractivity contribution is 5.85. The molecule has 0 aromatic carbocycles. The molecule has 1 heterocycles. The zero-order valence-corrected chi connectivity index (χ0v) is 11.8. The number of likely N-dealkylation sites (tertiary alicyclic amines) is 1. The average Bonchev–Trinajstić information content (AvgIpc) is 2.93. The van der Waals surface area contributed by atoms with E-state index in [-0.39, 0.29) is 36.7 Å². The number of carbonyl (C=O) groups excluding carboxylic acids is 1. The molecule has 1 aliphatic heterocycles.